The topological polar surface area (TPSA) is 65.1 Å². The van der Waals surface area contributed by atoms with Crippen molar-refractivity contribution in [2.45, 2.75) is 6.10 Å². The number of piperazine rings is 1. The first-order valence-electron chi connectivity index (χ1n) is 8.52. The smallest absolute Gasteiger partial charge is 0.191 e. The van der Waals surface area contributed by atoms with Crippen molar-refractivity contribution >= 4 is 47.2 Å². The van der Waals surface area contributed by atoms with Crippen molar-refractivity contribution < 1.29 is 9.50 Å². The molecule has 8 heteroatoms. The van der Waals surface area contributed by atoms with Crippen LogP contribution < -0.4 is 10.6 Å². The number of aliphatic hydroxyl groups is 1. The summed E-state index contributed by atoms with van der Waals surface area (Å²) in [5, 5.41) is 10.8. The number of rotatable bonds is 4. The van der Waals surface area contributed by atoms with E-state index in [-0.39, 0.29) is 36.3 Å². The molecule has 5 nitrogen and oxygen atoms in total. The molecule has 0 amide bonds. The molecular weight excluding hydrogens is 482 g/mol. The third kappa shape index (κ3) is 5.95. The molecule has 0 saturated carbocycles. The first-order valence-corrected chi connectivity index (χ1v) is 8.89. The fraction of sp³-hybridized carbons (Fsp3) is 0.316. The van der Waals surface area contributed by atoms with Gasteiger partial charge in [-0.2, -0.15) is 0 Å². The average molecular weight is 505 g/mol. The molecule has 0 radical (unpaired) electrons. The third-order valence-corrected chi connectivity index (χ3v) is 4.73. The molecule has 146 valence electrons. The summed E-state index contributed by atoms with van der Waals surface area (Å²) in [4.78, 5) is 8.51. The Kier molecular flexibility index (Phi) is 8.12. The SMILES string of the molecule is I.NC(=NCC(O)c1ccc(Cl)cc1)N1CCN(c2ccc(F)cc2)CC1. The van der Waals surface area contributed by atoms with Gasteiger partial charge in [0.05, 0.1) is 12.6 Å². The van der Waals surface area contributed by atoms with Crippen molar-refractivity contribution in [3.63, 3.8) is 0 Å². The summed E-state index contributed by atoms with van der Waals surface area (Å²) >= 11 is 5.85. The van der Waals surface area contributed by atoms with E-state index in [9.17, 15) is 9.50 Å². The number of guanidine groups is 1. The van der Waals surface area contributed by atoms with Crippen LogP contribution in [0.15, 0.2) is 53.5 Å². The average Bonchev–Trinajstić information content (AvgIpc) is 2.67. The molecule has 1 fully saturated rings. The Labute approximate surface area is 180 Å². The Morgan fingerprint density at radius 2 is 1.67 bits per heavy atom. The minimum Gasteiger partial charge on any atom is -0.386 e. The van der Waals surface area contributed by atoms with Gasteiger partial charge in [0.1, 0.15) is 5.82 Å². The van der Waals surface area contributed by atoms with Gasteiger partial charge in [0.2, 0.25) is 0 Å². The fourth-order valence-electron chi connectivity index (χ4n) is 2.92. The van der Waals surface area contributed by atoms with Crippen LogP contribution in [-0.4, -0.2) is 48.7 Å². The van der Waals surface area contributed by atoms with Gasteiger partial charge >= 0.3 is 0 Å². The maximum atomic E-state index is 13.0. The summed E-state index contributed by atoms with van der Waals surface area (Å²) in [7, 11) is 0. The molecule has 2 aromatic rings. The number of benzene rings is 2. The zero-order valence-corrected chi connectivity index (χ0v) is 17.8. The number of hydrogen-bond acceptors (Lipinski definition) is 3. The molecule has 1 aliphatic heterocycles. The summed E-state index contributed by atoms with van der Waals surface area (Å²) in [5.74, 6) is 0.194. The van der Waals surface area contributed by atoms with Crippen molar-refractivity contribution in [2.75, 3.05) is 37.6 Å². The molecule has 3 N–H and O–H groups in total. The fourth-order valence-corrected chi connectivity index (χ4v) is 3.04. The van der Waals surface area contributed by atoms with E-state index in [2.05, 4.69) is 9.89 Å². The van der Waals surface area contributed by atoms with Crippen LogP contribution in [0.1, 0.15) is 11.7 Å². The van der Waals surface area contributed by atoms with Gasteiger partial charge in [-0.05, 0) is 42.0 Å². The molecule has 1 atom stereocenters. The Hall–Kier alpha value is -1.58. The molecule has 0 spiro atoms. The molecule has 1 aliphatic rings. The Morgan fingerprint density at radius 1 is 1.07 bits per heavy atom. The van der Waals surface area contributed by atoms with Gasteiger partial charge in [0.25, 0.3) is 0 Å². The predicted molar refractivity (Wildman–Crippen MR) is 119 cm³/mol. The quantitative estimate of drug-likeness (QED) is 0.381. The first-order chi connectivity index (χ1) is 12.5. The third-order valence-electron chi connectivity index (χ3n) is 4.48. The second kappa shape index (κ2) is 10.1. The van der Waals surface area contributed by atoms with Crippen molar-refractivity contribution in [3.05, 3.63) is 64.9 Å². The number of nitrogens with two attached hydrogens (primary N) is 1. The summed E-state index contributed by atoms with van der Waals surface area (Å²) in [6, 6.07) is 13.5. The molecule has 3 rings (SSSR count). The number of aliphatic imine (C=N–C) groups is 1. The molecule has 1 saturated heterocycles. The minimum atomic E-state index is -0.716. The van der Waals surface area contributed by atoms with E-state index in [1.54, 1.807) is 36.4 Å². The van der Waals surface area contributed by atoms with Gasteiger partial charge in [0, 0.05) is 36.9 Å². The Balaban J connectivity index is 0.00000261. The van der Waals surface area contributed by atoms with E-state index in [4.69, 9.17) is 17.3 Å². The van der Waals surface area contributed by atoms with Crippen molar-refractivity contribution in [2.24, 2.45) is 10.7 Å². The summed E-state index contributed by atoms with van der Waals surface area (Å²) in [6.07, 6.45) is -0.716. The normalized spacial score (nSPS) is 16.0. The standard InChI is InChI=1S/C19H22ClFN4O.HI/c20-15-3-1-14(2-4-15)18(26)13-23-19(22)25-11-9-24(10-12-25)17-7-5-16(21)6-8-17;/h1-8,18,26H,9-13H2,(H2,22,23);1H. The largest absolute Gasteiger partial charge is 0.386 e. The van der Waals surface area contributed by atoms with Crippen LogP contribution in [0.25, 0.3) is 0 Å². The lowest BCUT2D eigenvalue weighted by atomic mass is 10.1. The lowest BCUT2D eigenvalue weighted by Crippen LogP contribution is -2.51. The summed E-state index contributed by atoms with van der Waals surface area (Å²) in [6.45, 7) is 3.21. The van der Waals surface area contributed by atoms with Gasteiger partial charge < -0.3 is 20.6 Å². The number of halogens is 3. The highest BCUT2D eigenvalue weighted by molar-refractivity contribution is 14.0. The van der Waals surface area contributed by atoms with Crippen molar-refractivity contribution in [3.8, 4) is 0 Å². The Morgan fingerprint density at radius 3 is 2.26 bits per heavy atom. The Bertz CT molecular complexity index is 749. The lowest BCUT2D eigenvalue weighted by molar-refractivity contribution is 0.186. The van der Waals surface area contributed by atoms with Crippen LogP contribution in [0.2, 0.25) is 5.02 Å². The van der Waals surface area contributed by atoms with E-state index >= 15 is 0 Å². The number of nitrogens with zero attached hydrogens (tertiary/aromatic N) is 3. The lowest BCUT2D eigenvalue weighted by Gasteiger charge is -2.36. The molecule has 27 heavy (non-hydrogen) atoms. The van der Waals surface area contributed by atoms with Gasteiger partial charge in [-0.1, -0.05) is 23.7 Å². The number of anilines is 1. The second-order valence-electron chi connectivity index (χ2n) is 6.22. The summed E-state index contributed by atoms with van der Waals surface area (Å²) < 4.78 is 13.0. The first kappa shape index (κ1) is 21.7. The number of aliphatic hydroxyl groups excluding tert-OH is 1. The van der Waals surface area contributed by atoms with E-state index < -0.39 is 6.10 Å². The van der Waals surface area contributed by atoms with Crippen LogP contribution >= 0.6 is 35.6 Å². The zero-order chi connectivity index (χ0) is 18.5. The molecule has 2 aromatic carbocycles. The van der Waals surface area contributed by atoms with Crippen LogP contribution in [0, 0.1) is 5.82 Å². The maximum absolute atomic E-state index is 13.0. The van der Waals surface area contributed by atoms with E-state index in [1.807, 2.05) is 4.90 Å². The van der Waals surface area contributed by atoms with Crippen molar-refractivity contribution in [1.29, 1.82) is 0 Å². The molecule has 1 heterocycles. The van der Waals surface area contributed by atoms with Gasteiger partial charge in [-0.3, -0.25) is 4.99 Å². The highest BCUT2D eigenvalue weighted by atomic mass is 127. The minimum absolute atomic E-state index is 0. The van der Waals surface area contributed by atoms with Crippen LogP contribution in [0.5, 0.6) is 0 Å². The van der Waals surface area contributed by atoms with Crippen LogP contribution in [0.3, 0.4) is 0 Å². The monoisotopic (exact) mass is 504 g/mol. The van der Waals surface area contributed by atoms with E-state index in [0.717, 1.165) is 37.4 Å². The highest BCUT2D eigenvalue weighted by Gasteiger charge is 2.19. The van der Waals surface area contributed by atoms with Crippen molar-refractivity contribution in [1.82, 2.24) is 4.90 Å². The van der Waals surface area contributed by atoms with Gasteiger partial charge in [0.15, 0.2) is 5.96 Å². The second-order valence-corrected chi connectivity index (χ2v) is 6.65. The van der Waals surface area contributed by atoms with E-state index in [0.29, 0.717) is 11.0 Å². The molecule has 0 bridgehead atoms. The predicted octanol–water partition coefficient (Wildman–Crippen LogP) is 3.27. The van der Waals surface area contributed by atoms with E-state index in [1.165, 1.54) is 12.1 Å². The van der Waals surface area contributed by atoms with Crippen LogP contribution in [0.4, 0.5) is 10.1 Å². The molecule has 0 aliphatic carbocycles. The highest BCUT2D eigenvalue weighted by Crippen LogP contribution is 2.18. The van der Waals surface area contributed by atoms with Gasteiger partial charge in [-0.25, -0.2) is 4.39 Å². The molecule has 0 aromatic heterocycles. The molecular formula is C19H23ClFIN4O. The maximum Gasteiger partial charge on any atom is 0.191 e. The zero-order valence-electron chi connectivity index (χ0n) is 14.8. The summed E-state index contributed by atoms with van der Waals surface area (Å²) in [5.41, 5.74) is 7.83. The van der Waals surface area contributed by atoms with Crippen LogP contribution in [-0.2, 0) is 0 Å². The van der Waals surface area contributed by atoms with Gasteiger partial charge in [-0.15, -0.1) is 24.0 Å². The molecule has 1 unspecified atom stereocenters. The number of hydrogen-bond donors (Lipinski definition) is 2.